The van der Waals surface area contributed by atoms with Gasteiger partial charge in [-0.15, -0.1) is 0 Å². The minimum atomic E-state index is -1.26. The third kappa shape index (κ3) is 2.29. The van der Waals surface area contributed by atoms with Crippen LogP contribution < -0.4 is 0 Å². The van der Waals surface area contributed by atoms with Gasteiger partial charge in [0.05, 0.1) is 5.56 Å². The second-order valence-electron chi connectivity index (χ2n) is 3.70. The van der Waals surface area contributed by atoms with Gasteiger partial charge in [0, 0.05) is 5.56 Å². The van der Waals surface area contributed by atoms with Crippen molar-refractivity contribution in [2.24, 2.45) is 0 Å². The van der Waals surface area contributed by atoms with Crippen molar-refractivity contribution in [3.63, 3.8) is 0 Å². The highest BCUT2D eigenvalue weighted by Crippen LogP contribution is 2.28. The molecule has 0 aliphatic heterocycles. The van der Waals surface area contributed by atoms with E-state index in [1.54, 1.807) is 0 Å². The number of benzene rings is 2. The smallest absolute Gasteiger partial charge is 0.335 e. The lowest BCUT2D eigenvalue weighted by Crippen LogP contribution is -1.97. The Morgan fingerprint density at radius 2 is 1.78 bits per heavy atom. The number of hydrogen-bond acceptors (Lipinski definition) is 2. The van der Waals surface area contributed by atoms with Gasteiger partial charge in [-0.25, -0.2) is 13.6 Å². The zero-order chi connectivity index (χ0) is 13.3. The van der Waals surface area contributed by atoms with Crippen molar-refractivity contribution in [2.75, 3.05) is 0 Å². The molecule has 0 atom stereocenters. The molecular formula is C13H8F2O3. The molecule has 2 N–H and O–H groups in total. The lowest BCUT2D eigenvalue weighted by Gasteiger charge is -2.06. The van der Waals surface area contributed by atoms with Crippen LogP contribution in [-0.2, 0) is 0 Å². The van der Waals surface area contributed by atoms with E-state index in [0.29, 0.717) is 0 Å². The third-order valence-electron chi connectivity index (χ3n) is 2.40. The molecule has 92 valence electrons. The molecule has 0 saturated heterocycles. The maximum Gasteiger partial charge on any atom is 0.335 e. The first-order valence-corrected chi connectivity index (χ1v) is 5.00. The van der Waals surface area contributed by atoms with E-state index in [1.807, 2.05) is 0 Å². The molecule has 5 heteroatoms. The summed E-state index contributed by atoms with van der Waals surface area (Å²) >= 11 is 0. The number of halogens is 2. The number of rotatable bonds is 2. The van der Waals surface area contributed by atoms with Crippen molar-refractivity contribution in [1.82, 2.24) is 0 Å². The molecule has 0 saturated carbocycles. The number of carbonyl (C=O) groups is 1. The molecule has 0 fully saturated rings. The molecular weight excluding hydrogens is 242 g/mol. The first-order chi connectivity index (χ1) is 8.47. The molecule has 0 amide bonds. The molecule has 0 aromatic heterocycles. The fraction of sp³-hybridized carbons (Fsp3) is 0. The molecule has 2 aromatic rings. The predicted molar refractivity (Wildman–Crippen MR) is 60.4 cm³/mol. The van der Waals surface area contributed by atoms with Crippen LogP contribution in [-0.4, -0.2) is 16.2 Å². The molecule has 2 rings (SSSR count). The lowest BCUT2D eigenvalue weighted by atomic mass is 10.0. The number of carboxylic acid groups (broad SMARTS) is 1. The van der Waals surface area contributed by atoms with Gasteiger partial charge >= 0.3 is 5.97 Å². The number of phenolic OH excluding ortho intramolecular Hbond substituents is 1. The summed E-state index contributed by atoms with van der Waals surface area (Å²) in [5, 5.41) is 18.2. The molecule has 18 heavy (non-hydrogen) atoms. The highest BCUT2D eigenvalue weighted by molar-refractivity contribution is 5.90. The van der Waals surface area contributed by atoms with Gasteiger partial charge in [0.1, 0.15) is 17.4 Å². The summed E-state index contributed by atoms with van der Waals surface area (Å²) in [5.41, 5.74) is -0.202. The number of hydrogen-bond donors (Lipinski definition) is 2. The lowest BCUT2D eigenvalue weighted by molar-refractivity contribution is 0.0696. The summed E-state index contributed by atoms with van der Waals surface area (Å²) in [6.07, 6.45) is 0. The van der Waals surface area contributed by atoms with Crippen LogP contribution in [0.5, 0.6) is 5.75 Å². The molecule has 0 spiro atoms. The Morgan fingerprint density at radius 1 is 1.06 bits per heavy atom. The number of aromatic carboxylic acids is 1. The van der Waals surface area contributed by atoms with Crippen LogP contribution in [0.3, 0.4) is 0 Å². The van der Waals surface area contributed by atoms with Crippen molar-refractivity contribution in [3.8, 4) is 16.9 Å². The van der Waals surface area contributed by atoms with Crippen LogP contribution >= 0.6 is 0 Å². The van der Waals surface area contributed by atoms with Crippen LogP contribution in [0, 0.1) is 11.6 Å². The molecule has 2 aromatic carbocycles. The van der Waals surface area contributed by atoms with E-state index < -0.39 is 17.6 Å². The maximum atomic E-state index is 13.5. The Balaban J connectivity index is 2.63. The van der Waals surface area contributed by atoms with Crippen LogP contribution in [0.25, 0.3) is 11.1 Å². The van der Waals surface area contributed by atoms with Crippen molar-refractivity contribution in [1.29, 1.82) is 0 Å². The molecule has 0 aliphatic carbocycles. The van der Waals surface area contributed by atoms with E-state index in [0.717, 1.165) is 24.3 Å². The van der Waals surface area contributed by atoms with Gasteiger partial charge in [-0.05, 0) is 42.0 Å². The van der Waals surface area contributed by atoms with Crippen molar-refractivity contribution >= 4 is 5.97 Å². The van der Waals surface area contributed by atoms with Crippen molar-refractivity contribution in [3.05, 3.63) is 53.6 Å². The van der Waals surface area contributed by atoms with Crippen LogP contribution in [0.1, 0.15) is 10.4 Å². The van der Waals surface area contributed by atoms with Gasteiger partial charge in [0.25, 0.3) is 0 Å². The third-order valence-corrected chi connectivity index (χ3v) is 2.40. The Hall–Kier alpha value is -2.43. The molecule has 0 heterocycles. The Kier molecular flexibility index (Phi) is 2.97. The van der Waals surface area contributed by atoms with Crippen molar-refractivity contribution < 1.29 is 23.8 Å². The zero-order valence-electron chi connectivity index (χ0n) is 9.02. The van der Waals surface area contributed by atoms with E-state index in [2.05, 4.69) is 0 Å². The molecule has 3 nitrogen and oxygen atoms in total. The van der Waals surface area contributed by atoms with Crippen molar-refractivity contribution in [2.45, 2.75) is 0 Å². The quantitative estimate of drug-likeness (QED) is 0.861. The predicted octanol–water partition coefficient (Wildman–Crippen LogP) is 3.04. The first kappa shape index (κ1) is 12.0. The van der Waals surface area contributed by atoms with Gasteiger partial charge in [-0.1, -0.05) is 0 Å². The number of aromatic hydroxyl groups is 1. The fourth-order valence-corrected chi connectivity index (χ4v) is 1.61. The summed E-state index contributed by atoms with van der Waals surface area (Å²) in [4.78, 5) is 10.8. The largest absolute Gasteiger partial charge is 0.508 e. The fourth-order valence-electron chi connectivity index (χ4n) is 1.61. The van der Waals surface area contributed by atoms with Crippen LogP contribution in [0.15, 0.2) is 36.4 Å². The van der Waals surface area contributed by atoms with E-state index in [9.17, 15) is 18.7 Å². The SMILES string of the molecule is O=C(O)c1cc(O)cc(-c2cc(F)ccc2F)c1. The summed E-state index contributed by atoms with van der Waals surface area (Å²) in [6.45, 7) is 0. The summed E-state index contributed by atoms with van der Waals surface area (Å²) < 4.78 is 26.6. The number of carboxylic acids is 1. The molecule has 0 radical (unpaired) electrons. The van der Waals surface area contributed by atoms with Gasteiger partial charge in [-0.2, -0.15) is 0 Å². The minimum Gasteiger partial charge on any atom is -0.508 e. The molecule has 0 bridgehead atoms. The van der Waals surface area contributed by atoms with Gasteiger partial charge in [0.2, 0.25) is 0 Å². The minimum absolute atomic E-state index is 0.101. The molecule has 0 aliphatic rings. The highest BCUT2D eigenvalue weighted by Gasteiger charge is 2.11. The average molecular weight is 250 g/mol. The normalized spacial score (nSPS) is 10.3. The van der Waals surface area contributed by atoms with Gasteiger partial charge < -0.3 is 10.2 Å². The zero-order valence-corrected chi connectivity index (χ0v) is 9.02. The van der Waals surface area contributed by atoms with E-state index in [4.69, 9.17) is 5.11 Å². The number of phenols is 1. The van der Waals surface area contributed by atoms with Crippen LogP contribution in [0.2, 0.25) is 0 Å². The maximum absolute atomic E-state index is 13.5. The summed E-state index contributed by atoms with van der Waals surface area (Å²) in [6, 6.07) is 6.21. The van der Waals surface area contributed by atoms with E-state index in [1.165, 1.54) is 12.1 Å². The standard InChI is InChI=1S/C13H8F2O3/c14-9-1-2-12(15)11(6-9)7-3-8(13(17)18)5-10(16)4-7/h1-6,16H,(H,17,18). The summed E-state index contributed by atoms with van der Waals surface area (Å²) in [5.74, 6) is -2.93. The summed E-state index contributed by atoms with van der Waals surface area (Å²) in [7, 11) is 0. The molecule has 0 unspecified atom stereocenters. The second-order valence-corrected chi connectivity index (χ2v) is 3.70. The average Bonchev–Trinajstić information content (AvgIpc) is 2.31. The Morgan fingerprint density at radius 3 is 2.44 bits per heavy atom. The highest BCUT2D eigenvalue weighted by atomic mass is 19.1. The van der Waals surface area contributed by atoms with Gasteiger partial charge in [0.15, 0.2) is 0 Å². The van der Waals surface area contributed by atoms with Gasteiger partial charge in [-0.3, -0.25) is 0 Å². The van der Waals surface area contributed by atoms with E-state index >= 15 is 0 Å². The first-order valence-electron chi connectivity index (χ1n) is 5.00. The van der Waals surface area contributed by atoms with E-state index in [-0.39, 0.29) is 22.4 Å². The topological polar surface area (TPSA) is 57.5 Å². The second kappa shape index (κ2) is 4.44. The van der Waals surface area contributed by atoms with Crippen LogP contribution in [0.4, 0.5) is 8.78 Å². The monoisotopic (exact) mass is 250 g/mol. The Bertz CT molecular complexity index is 624. The Labute approximate surface area is 101 Å².